The zero-order valence-corrected chi connectivity index (χ0v) is 11.3. The van der Waals surface area contributed by atoms with Crippen molar-refractivity contribution in [3.05, 3.63) is 35.9 Å². The molecule has 0 saturated carbocycles. The number of hydrazine groups is 1. The highest BCUT2D eigenvalue weighted by Crippen LogP contribution is 2.21. The number of para-hydroxylation sites is 1. The van der Waals surface area contributed by atoms with Gasteiger partial charge >= 0.3 is 0 Å². The number of nitrogens with one attached hydrogen (secondary N) is 1. The Morgan fingerprint density at radius 3 is 2.50 bits per heavy atom. The number of hydrogen-bond acceptors (Lipinski definition) is 6. The van der Waals surface area contributed by atoms with Crippen LogP contribution < -0.4 is 11.3 Å². The fourth-order valence-corrected chi connectivity index (χ4v) is 2.20. The lowest BCUT2D eigenvalue weighted by atomic mass is 10.1. The van der Waals surface area contributed by atoms with Gasteiger partial charge in [0, 0.05) is 30.6 Å². The Balaban J connectivity index is 2.31. The summed E-state index contributed by atoms with van der Waals surface area (Å²) in [6.45, 7) is 1.66. The molecule has 0 unspecified atom stereocenters. The molecule has 0 aliphatic rings. The maximum Gasteiger partial charge on any atom is 0.145 e. The van der Waals surface area contributed by atoms with E-state index in [-0.39, 0.29) is 13.2 Å². The Morgan fingerprint density at radius 2 is 1.85 bits per heavy atom. The number of benzene rings is 1. The summed E-state index contributed by atoms with van der Waals surface area (Å²) in [5.41, 5.74) is 4.43. The van der Waals surface area contributed by atoms with E-state index in [1.54, 1.807) is 0 Å². The van der Waals surface area contributed by atoms with Crippen LogP contribution in [0.15, 0.2) is 30.3 Å². The maximum atomic E-state index is 9.06. The molecular weight excluding hydrogens is 256 g/mol. The molecule has 0 fully saturated rings. The first-order chi connectivity index (χ1) is 9.78. The van der Waals surface area contributed by atoms with Gasteiger partial charge in [-0.05, 0) is 12.1 Å². The highest BCUT2D eigenvalue weighted by molar-refractivity contribution is 5.81. The summed E-state index contributed by atoms with van der Waals surface area (Å²) in [5, 5.41) is 19.2. The molecule has 0 atom stereocenters. The maximum absolute atomic E-state index is 9.06. The molecule has 0 radical (unpaired) electrons. The van der Waals surface area contributed by atoms with E-state index in [1.165, 1.54) is 0 Å². The topological polar surface area (TPSA) is 94.6 Å². The number of hydrogen-bond donors (Lipinski definition) is 4. The van der Waals surface area contributed by atoms with Gasteiger partial charge in [0.05, 0.1) is 18.7 Å². The van der Waals surface area contributed by atoms with Crippen molar-refractivity contribution in [1.29, 1.82) is 0 Å². The number of aliphatic hydroxyl groups is 2. The van der Waals surface area contributed by atoms with Crippen LogP contribution in [-0.4, -0.2) is 46.4 Å². The highest BCUT2D eigenvalue weighted by Gasteiger charge is 2.10. The van der Waals surface area contributed by atoms with Crippen LogP contribution in [0.2, 0.25) is 0 Å². The number of nitrogen functional groups attached to an aromatic ring is 1. The Hall–Kier alpha value is -1.73. The number of pyridine rings is 1. The van der Waals surface area contributed by atoms with E-state index in [1.807, 2.05) is 35.2 Å². The van der Waals surface area contributed by atoms with Crippen LogP contribution in [0, 0.1) is 0 Å². The van der Waals surface area contributed by atoms with Crippen molar-refractivity contribution in [3.63, 3.8) is 0 Å². The number of aromatic nitrogens is 1. The van der Waals surface area contributed by atoms with Crippen LogP contribution in [0.25, 0.3) is 10.9 Å². The van der Waals surface area contributed by atoms with E-state index in [0.29, 0.717) is 25.5 Å². The lowest BCUT2D eigenvalue weighted by molar-refractivity contribution is 0.156. The van der Waals surface area contributed by atoms with Gasteiger partial charge < -0.3 is 15.6 Å². The molecule has 0 bridgehead atoms. The van der Waals surface area contributed by atoms with E-state index in [2.05, 4.69) is 10.4 Å². The van der Waals surface area contributed by atoms with Crippen molar-refractivity contribution in [1.82, 2.24) is 9.88 Å². The quantitative estimate of drug-likeness (QED) is 0.429. The van der Waals surface area contributed by atoms with E-state index in [0.717, 1.165) is 16.5 Å². The van der Waals surface area contributed by atoms with Crippen LogP contribution in [0.1, 0.15) is 5.56 Å². The SMILES string of the molecule is NNc1nc2ccccc2cc1CN(CCO)CCO. The Kier molecular flexibility index (Phi) is 5.25. The minimum absolute atomic E-state index is 0.0480. The molecule has 6 nitrogen and oxygen atoms in total. The molecule has 0 saturated heterocycles. The lowest BCUT2D eigenvalue weighted by Crippen LogP contribution is -2.30. The molecule has 1 heterocycles. The third kappa shape index (κ3) is 3.43. The standard InChI is InChI=1S/C14H20N4O2/c15-17-14-12(10-18(5-7-19)6-8-20)9-11-3-1-2-4-13(11)16-14/h1-4,9,19-20H,5-8,10,15H2,(H,16,17). The predicted octanol–water partition coefficient (Wildman–Crippen LogP) is 0.307. The normalized spacial score (nSPS) is 11.2. The third-order valence-electron chi connectivity index (χ3n) is 3.17. The second-order valence-corrected chi connectivity index (χ2v) is 4.56. The molecule has 2 rings (SSSR count). The number of anilines is 1. The van der Waals surface area contributed by atoms with Crippen molar-refractivity contribution in [2.24, 2.45) is 5.84 Å². The number of nitrogens with zero attached hydrogens (tertiary/aromatic N) is 2. The zero-order valence-electron chi connectivity index (χ0n) is 11.3. The molecule has 1 aromatic carbocycles. The van der Waals surface area contributed by atoms with E-state index in [9.17, 15) is 0 Å². The molecular formula is C14H20N4O2. The Morgan fingerprint density at radius 1 is 1.15 bits per heavy atom. The molecule has 6 heteroatoms. The second kappa shape index (κ2) is 7.16. The lowest BCUT2D eigenvalue weighted by Gasteiger charge is -2.21. The van der Waals surface area contributed by atoms with Gasteiger partial charge in [-0.3, -0.25) is 4.90 Å². The second-order valence-electron chi connectivity index (χ2n) is 4.56. The molecule has 2 aromatic rings. The summed E-state index contributed by atoms with van der Waals surface area (Å²) in [6.07, 6.45) is 0. The van der Waals surface area contributed by atoms with Crippen molar-refractivity contribution in [3.8, 4) is 0 Å². The van der Waals surface area contributed by atoms with Crippen molar-refractivity contribution in [2.45, 2.75) is 6.54 Å². The zero-order chi connectivity index (χ0) is 14.4. The van der Waals surface area contributed by atoms with E-state index < -0.39 is 0 Å². The first-order valence-electron chi connectivity index (χ1n) is 6.58. The number of aliphatic hydroxyl groups excluding tert-OH is 2. The summed E-state index contributed by atoms with van der Waals surface area (Å²) in [5.74, 6) is 6.15. The Labute approximate surface area is 117 Å². The van der Waals surface area contributed by atoms with Gasteiger partial charge in [-0.25, -0.2) is 10.8 Å². The van der Waals surface area contributed by atoms with Crippen molar-refractivity contribution >= 4 is 16.7 Å². The van der Waals surface area contributed by atoms with Crippen LogP contribution in [0.5, 0.6) is 0 Å². The number of nitrogens with two attached hydrogens (primary N) is 1. The largest absolute Gasteiger partial charge is 0.395 e. The minimum Gasteiger partial charge on any atom is -0.395 e. The van der Waals surface area contributed by atoms with Crippen LogP contribution >= 0.6 is 0 Å². The first kappa shape index (κ1) is 14.7. The van der Waals surface area contributed by atoms with Gasteiger partial charge in [0.2, 0.25) is 0 Å². The highest BCUT2D eigenvalue weighted by atomic mass is 16.3. The fourth-order valence-electron chi connectivity index (χ4n) is 2.20. The number of rotatable bonds is 7. The fraction of sp³-hybridized carbons (Fsp3) is 0.357. The summed E-state index contributed by atoms with van der Waals surface area (Å²) in [4.78, 5) is 6.43. The van der Waals surface area contributed by atoms with Gasteiger partial charge in [0.25, 0.3) is 0 Å². The minimum atomic E-state index is 0.0480. The van der Waals surface area contributed by atoms with Gasteiger partial charge in [0.1, 0.15) is 5.82 Å². The van der Waals surface area contributed by atoms with Crippen LogP contribution in [-0.2, 0) is 6.54 Å². The van der Waals surface area contributed by atoms with Gasteiger partial charge in [-0.15, -0.1) is 0 Å². The predicted molar refractivity (Wildman–Crippen MR) is 79.0 cm³/mol. The third-order valence-corrected chi connectivity index (χ3v) is 3.17. The molecule has 0 aliphatic heterocycles. The number of fused-ring (bicyclic) bond motifs is 1. The molecule has 0 aliphatic carbocycles. The molecule has 0 amide bonds. The molecule has 108 valence electrons. The van der Waals surface area contributed by atoms with Crippen LogP contribution in [0.4, 0.5) is 5.82 Å². The Bertz CT molecular complexity index is 556. The molecule has 5 N–H and O–H groups in total. The van der Waals surface area contributed by atoms with Crippen molar-refractivity contribution < 1.29 is 10.2 Å². The van der Waals surface area contributed by atoms with Gasteiger partial charge in [0.15, 0.2) is 0 Å². The summed E-state index contributed by atoms with van der Waals surface area (Å²) in [7, 11) is 0. The molecule has 0 spiro atoms. The smallest absolute Gasteiger partial charge is 0.145 e. The van der Waals surface area contributed by atoms with Gasteiger partial charge in [-0.1, -0.05) is 18.2 Å². The van der Waals surface area contributed by atoms with E-state index >= 15 is 0 Å². The average molecular weight is 276 g/mol. The van der Waals surface area contributed by atoms with Crippen molar-refractivity contribution in [2.75, 3.05) is 31.7 Å². The monoisotopic (exact) mass is 276 g/mol. The molecule has 20 heavy (non-hydrogen) atoms. The summed E-state index contributed by atoms with van der Waals surface area (Å²) >= 11 is 0. The summed E-state index contributed by atoms with van der Waals surface area (Å²) in [6, 6.07) is 9.84. The summed E-state index contributed by atoms with van der Waals surface area (Å²) < 4.78 is 0. The average Bonchev–Trinajstić information content (AvgIpc) is 2.47. The van der Waals surface area contributed by atoms with E-state index in [4.69, 9.17) is 16.1 Å². The molecule has 1 aromatic heterocycles. The van der Waals surface area contributed by atoms with Crippen LogP contribution in [0.3, 0.4) is 0 Å². The van der Waals surface area contributed by atoms with Gasteiger partial charge in [-0.2, -0.15) is 0 Å². The first-order valence-corrected chi connectivity index (χ1v) is 6.58.